The Morgan fingerprint density at radius 2 is 2.20 bits per heavy atom. The van der Waals surface area contributed by atoms with Crippen molar-refractivity contribution in [2.24, 2.45) is 0 Å². The zero-order chi connectivity index (χ0) is 6.81. The number of fused-ring (bicyclic) bond motifs is 1. The molecule has 0 spiro atoms. The van der Waals surface area contributed by atoms with Crippen molar-refractivity contribution in [2.45, 2.75) is 11.4 Å². The van der Waals surface area contributed by atoms with Crippen molar-refractivity contribution < 1.29 is 0 Å². The molecule has 1 aromatic rings. The monoisotopic (exact) mass is 151 g/mol. The SMILES string of the molecule is c1ccc2c(c1)CNCS2. The van der Waals surface area contributed by atoms with E-state index in [4.69, 9.17) is 0 Å². The molecule has 1 nitrogen and oxygen atoms in total. The third-order valence-corrected chi connectivity index (χ3v) is 2.68. The minimum atomic E-state index is 1.03. The highest BCUT2D eigenvalue weighted by molar-refractivity contribution is 7.99. The minimum Gasteiger partial charge on any atom is -0.303 e. The van der Waals surface area contributed by atoms with E-state index in [-0.39, 0.29) is 0 Å². The first-order valence-corrected chi connectivity index (χ1v) is 4.37. The van der Waals surface area contributed by atoms with Crippen molar-refractivity contribution in [3.8, 4) is 0 Å². The van der Waals surface area contributed by atoms with Crippen LogP contribution < -0.4 is 5.32 Å². The van der Waals surface area contributed by atoms with Crippen LogP contribution in [0.25, 0.3) is 0 Å². The molecule has 0 aliphatic carbocycles. The van der Waals surface area contributed by atoms with E-state index in [0.717, 1.165) is 12.4 Å². The van der Waals surface area contributed by atoms with Crippen LogP contribution in [-0.4, -0.2) is 5.88 Å². The van der Waals surface area contributed by atoms with Crippen LogP contribution in [0.4, 0.5) is 0 Å². The fraction of sp³-hybridized carbons (Fsp3) is 0.250. The van der Waals surface area contributed by atoms with Crippen molar-refractivity contribution in [1.82, 2.24) is 5.32 Å². The van der Waals surface area contributed by atoms with Gasteiger partial charge in [-0.3, -0.25) is 0 Å². The Bertz CT molecular complexity index is 209. The zero-order valence-corrected chi connectivity index (χ0v) is 6.45. The van der Waals surface area contributed by atoms with E-state index in [9.17, 15) is 0 Å². The first-order valence-electron chi connectivity index (χ1n) is 3.38. The van der Waals surface area contributed by atoms with Crippen molar-refractivity contribution in [3.05, 3.63) is 29.8 Å². The number of hydrogen-bond donors (Lipinski definition) is 1. The molecule has 1 aromatic carbocycles. The van der Waals surface area contributed by atoms with Gasteiger partial charge in [-0.1, -0.05) is 18.2 Å². The van der Waals surface area contributed by atoms with Crippen molar-refractivity contribution >= 4 is 11.8 Å². The van der Waals surface area contributed by atoms with E-state index in [1.807, 2.05) is 11.8 Å². The molecule has 0 atom stereocenters. The van der Waals surface area contributed by atoms with Gasteiger partial charge in [-0.2, -0.15) is 0 Å². The maximum Gasteiger partial charge on any atom is 0.0468 e. The predicted molar refractivity (Wildman–Crippen MR) is 44.0 cm³/mol. The summed E-state index contributed by atoms with van der Waals surface area (Å²) in [5.74, 6) is 1.05. The molecule has 1 N–H and O–H groups in total. The largest absolute Gasteiger partial charge is 0.303 e. The average molecular weight is 151 g/mol. The number of benzene rings is 1. The second-order valence-corrected chi connectivity index (χ2v) is 3.34. The van der Waals surface area contributed by atoms with Crippen molar-refractivity contribution in [3.63, 3.8) is 0 Å². The summed E-state index contributed by atoms with van der Waals surface area (Å²) >= 11 is 1.88. The highest BCUT2D eigenvalue weighted by Gasteiger charge is 2.05. The van der Waals surface area contributed by atoms with Crippen LogP contribution in [0.3, 0.4) is 0 Å². The molecule has 1 heterocycles. The summed E-state index contributed by atoms with van der Waals surface area (Å²) < 4.78 is 0. The van der Waals surface area contributed by atoms with Crippen LogP contribution in [0.1, 0.15) is 5.56 Å². The molecule has 10 heavy (non-hydrogen) atoms. The summed E-state index contributed by atoms with van der Waals surface area (Å²) in [6.45, 7) is 1.03. The van der Waals surface area contributed by atoms with Crippen molar-refractivity contribution in [1.29, 1.82) is 0 Å². The van der Waals surface area contributed by atoms with E-state index in [1.54, 1.807) is 0 Å². The second-order valence-electron chi connectivity index (χ2n) is 2.32. The summed E-state index contributed by atoms with van der Waals surface area (Å²) in [6.07, 6.45) is 0. The smallest absolute Gasteiger partial charge is 0.0468 e. The molecule has 0 aromatic heterocycles. The molecule has 0 unspecified atom stereocenters. The number of nitrogens with one attached hydrogen (secondary N) is 1. The summed E-state index contributed by atoms with van der Waals surface area (Å²) in [5.41, 5.74) is 1.43. The van der Waals surface area contributed by atoms with Crippen LogP contribution in [0, 0.1) is 0 Å². The molecule has 2 rings (SSSR count). The predicted octanol–water partition coefficient (Wildman–Crippen LogP) is 1.84. The van der Waals surface area contributed by atoms with Gasteiger partial charge in [0.05, 0.1) is 0 Å². The molecular weight excluding hydrogens is 142 g/mol. The Balaban J connectivity index is 2.41. The van der Waals surface area contributed by atoms with Crippen LogP contribution >= 0.6 is 11.8 Å². The maximum absolute atomic E-state index is 3.30. The van der Waals surface area contributed by atoms with E-state index in [2.05, 4.69) is 29.6 Å². The van der Waals surface area contributed by atoms with E-state index in [0.29, 0.717) is 0 Å². The van der Waals surface area contributed by atoms with Crippen molar-refractivity contribution in [2.75, 3.05) is 5.88 Å². The fourth-order valence-electron chi connectivity index (χ4n) is 1.11. The Labute approximate surface area is 64.8 Å². The van der Waals surface area contributed by atoms with Gasteiger partial charge in [0.1, 0.15) is 0 Å². The average Bonchev–Trinajstić information content (AvgIpc) is 2.05. The van der Waals surface area contributed by atoms with Gasteiger partial charge < -0.3 is 5.32 Å². The number of thioether (sulfide) groups is 1. The lowest BCUT2D eigenvalue weighted by molar-refractivity contribution is 0.766. The highest BCUT2D eigenvalue weighted by atomic mass is 32.2. The third-order valence-electron chi connectivity index (χ3n) is 1.62. The molecule has 0 radical (unpaired) electrons. The molecule has 1 aliphatic rings. The number of hydrogen-bond acceptors (Lipinski definition) is 2. The molecule has 0 bridgehead atoms. The first kappa shape index (κ1) is 6.25. The van der Waals surface area contributed by atoms with Gasteiger partial charge in [-0.25, -0.2) is 0 Å². The summed E-state index contributed by atoms with van der Waals surface area (Å²) in [5, 5.41) is 3.30. The molecule has 0 saturated carbocycles. The molecule has 0 saturated heterocycles. The molecule has 2 heteroatoms. The van der Waals surface area contributed by atoms with Gasteiger partial charge in [0.15, 0.2) is 0 Å². The van der Waals surface area contributed by atoms with Gasteiger partial charge in [-0.05, 0) is 11.6 Å². The third kappa shape index (κ3) is 1.04. The summed E-state index contributed by atoms with van der Waals surface area (Å²) in [6, 6.07) is 8.54. The van der Waals surface area contributed by atoms with E-state index < -0.39 is 0 Å². The molecule has 0 amide bonds. The van der Waals surface area contributed by atoms with Gasteiger partial charge >= 0.3 is 0 Å². The lowest BCUT2D eigenvalue weighted by Crippen LogP contribution is -2.16. The molecular formula is C8H9NS. The summed E-state index contributed by atoms with van der Waals surface area (Å²) in [7, 11) is 0. The fourth-order valence-corrected chi connectivity index (χ4v) is 1.97. The van der Waals surface area contributed by atoms with Crippen LogP contribution in [0.15, 0.2) is 29.2 Å². The van der Waals surface area contributed by atoms with E-state index in [1.165, 1.54) is 10.5 Å². The maximum atomic E-state index is 3.30. The molecule has 52 valence electrons. The highest BCUT2D eigenvalue weighted by Crippen LogP contribution is 2.24. The van der Waals surface area contributed by atoms with Gasteiger partial charge in [-0.15, -0.1) is 11.8 Å². The second kappa shape index (κ2) is 2.64. The topological polar surface area (TPSA) is 12.0 Å². The number of rotatable bonds is 0. The van der Waals surface area contributed by atoms with Crippen LogP contribution in [0.2, 0.25) is 0 Å². The Kier molecular flexibility index (Phi) is 1.65. The first-order chi connectivity index (χ1) is 4.97. The quantitative estimate of drug-likeness (QED) is 0.607. The summed E-state index contributed by atoms with van der Waals surface area (Å²) in [4.78, 5) is 1.43. The molecule has 0 fully saturated rings. The van der Waals surface area contributed by atoms with Gasteiger partial charge in [0.2, 0.25) is 0 Å². The lowest BCUT2D eigenvalue weighted by atomic mass is 10.2. The lowest BCUT2D eigenvalue weighted by Gasteiger charge is -2.15. The van der Waals surface area contributed by atoms with Crippen LogP contribution in [0.5, 0.6) is 0 Å². The Morgan fingerprint density at radius 3 is 3.10 bits per heavy atom. The normalized spacial score (nSPS) is 16.4. The van der Waals surface area contributed by atoms with Gasteiger partial charge in [0, 0.05) is 17.3 Å². The Hall–Kier alpha value is -0.470. The minimum absolute atomic E-state index is 1.03. The van der Waals surface area contributed by atoms with E-state index >= 15 is 0 Å². The zero-order valence-electron chi connectivity index (χ0n) is 5.63. The Morgan fingerprint density at radius 1 is 1.30 bits per heavy atom. The van der Waals surface area contributed by atoms with Crippen LogP contribution in [-0.2, 0) is 6.54 Å². The van der Waals surface area contributed by atoms with Gasteiger partial charge in [0.25, 0.3) is 0 Å². The molecule has 1 aliphatic heterocycles. The standard InChI is InChI=1S/C8H9NS/c1-2-4-8-7(3-1)5-9-6-10-8/h1-4,9H,5-6H2.